The SMILES string of the molecule is OB(O)c1cccc2c1-c1ccccc1C2. The van der Waals surface area contributed by atoms with Gasteiger partial charge < -0.3 is 10.0 Å². The van der Waals surface area contributed by atoms with Crippen LogP contribution in [0, 0.1) is 0 Å². The van der Waals surface area contributed by atoms with Crippen molar-refractivity contribution >= 4 is 12.6 Å². The molecule has 78 valence electrons. The Balaban J connectivity index is 2.29. The minimum atomic E-state index is -1.40. The Kier molecular flexibility index (Phi) is 2.09. The molecule has 2 N–H and O–H groups in total. The van der Waals surface area contributed by atoms with E-state index in [2.05, 4.69) is 6.07 Å². The largest absolute Gasteiger partial charge is 0.489 e. The summed E-state index contributed by atoms with van der Waals surface area (Å²) in [6.07, 6.45) is 0.881. The van der Waals surface area contributed by atoms with Crippen LogP contribution in [0.3, 0.4) is 0 Å². The van der Waals surface area contributed by atoms with Crippen molar-refractivity contribution in [1.82, 2.24) is 0 Å². The molecule has 0 saturated carbocycles. The van der Waals surface area contributed by atoms with Crippen LogP contribution in [0.15, 0.2) is 42.5 Å². The van der Waals surface area contributed by atoms with Crippen molar-refractivity contribution in [3.8, 4) is 11.1 Å². The predicted molar refractivity (Wildman–Crippen MR) is 64.5 cm³/mol. The quantitative estimate of drug-likeness (QED) is 0.586. The summed E-state index contributed by atoms with van der Waals surface area (Å²) in [6, 6.07) is 13.8. The molecule has 0 heterocycles. The van der Waals surface area contributed by atoms with E-state index in [1.807, 2.05) is 30.3 Å². The van der Waals surface area contributed by atoms with Gasteiger partial charge in [-0.3, -0.25) is 0 Å². The molecule has 0 amide bonds. The molecule has 16 heavy (non-hydrogen) atoms. The van der Waals surface area contributed by atoms with E-state index in [1.54, 1.807) is 6.07 Å². The van der Waals surface area contributed by atoms with Gasteiger partial charge in [-0.1, -0.05) is 42.5 Å². The Bertz CT molecular complexity index is 549. The summed E-state index contributed by atoms with van der Waals surface area (Å²) in [7, 11) is -1.40. The van der Waals surface area contributed by atoms with Crippen molar-refractivity contribution in [3.05, 3.63) is 53.6 Å². The molecule has 0 unspecified atom stereocenters. The summed E-state index contributed by atoms with van der Waals surface area (Å²) in [6.45, 7) is 0. The maximum absolute atomic E-state index is 9.37. The average Bonchev–Trinajstić information content (AvgIpc) is 2.66. The minimum Gasteiger partial charge on any atom is -0.423 e. The van der Waals surface area contributed by atoms with Crippen LogP contribution >= 0.6 is 0 Å². The summed E-state index contributed by atoms with van der Waals surface area (Å²) in [5.74, 6) is 0. The monoisotopic (exact) mass is 210 g/mol. The molecule has 0 aliphatic heterocycles. The van der Waals surface area contributed by atoms with E-state index in [-0.39, 0.29) is 0 Å². The Labute approximate surface area is 94.3 Å². The van der Waals surface area contributed by atoms with E-state index in [0.29, 0.717) is 5.46 Å². The van der Waals surface area contributed by atoms with Gasteiger partial charge in [0.2, 0.25) is 0 Å². The van der Waals surface area contributed by atoms with Gasteiger partial charge in [0.1, 0.15) is 0 Å². The van der Waals surface area contributed by atoms with Crippen LogP contribution in [0.4, 0.5) is 0 Å². The number of rotatable bonds is 1. The van der Waals surface area contributed by atoms with Crippen LogP contribution in [0.1, 0.15) is 11.1 Å². The van der Waals surface area contributed by atoms with Gasteiger partial charge in [0.25, 0.3) is 0 Å². The molecule has 0 aromatic heterocycles. The van der Waals surface area contributed by atoms with E-state index in [4.69, 9.17) is 0 Å². The molecular formula is C13H11BO2. The van der Waals surface area contributed by atoms with Crippen LogP contribution in [-0.2, 0) is 6.42 Å². The summed E-state index contributed by atoms with van der Waals surface area (Å²) in [5.41, 5.74) is 5.15. The predicted octanol–water partition coefficient (Wildman–Crippen LogP) is 0.938. The highest BCUT2D eigenvalue weighted by Crippen LogP contribution is 2.34. The first-order valence-electron chi connectivity index (χ1n) is 5.33. The molecule has 2 nitrogen and oxygen atoms in total. The highest BCUT2D eigenvalue weighted by atomic mass is 16.4. The van der Waals surface area contributed by atoms with Crippen LogP contribution in [0.2, 0.25) is 0 Å². The molecular weight excluding hydrogens is 199 g/mol. The smallest absolute Gasteiger partial charge is 0.423 e. The fraction of sp³-hybridized carbons (Fsp3) is 0.0769. The van der Waals surface area contributed by atoms with Crippen molar-refractivity contribution < 1.29 is 10.0 Å². The van der Waals surface area contributed by atoms with Gasteiger partial charge in [-0.05, 0) is 34.1 Å². The lowest BCUT2D eigenvalue weighted by Gasteiger charge is -2.08. The third kappa shape index (κ3) is 1.29. The van der Waals surface area contributed by atoms with Crippen molar-refractivity contribution in [2.45, 2.75) is 6.42 Å². The van der Waals surface area contributed by atoms with Crippen LogP contribution < -0.4 is 5.46 Å². The van der Waals surface area contributed by atoms with Crippen molar-refractivity contribution in [2.75, 3.05) is 0 Å². The molecule has 3 rings (SSSR count). The second-order valence-corrected chi connectivity index (χ2v) is 4.09. The average molecular weight is 210 g/mol. The van der Waals surface area contributed by atoms with E-state index < -0.39 is 7.12 Å². The number of benzene rings is 2. The third-order valence-electron chi connectivity index (χ3n) is 3.13. The summed E-state index contributed by atoms with van der Waals surface area (Å²) in [4.78, 5) is 0. The van der Waals surface area contributed by atoms with Crippen LogP contribution in [0.25, 0.3) is 11.1 Å². The molecule has 0 radical (unpaired) electrons. The molecule has 0 bridgehead atoms. The van der Waals surface area contributed by atoms with Crippen LogP contribution in [-0.4, -0.2) is 17.2 Å². The highest BCUT2D eigenvalue weighted by Gasteiger charge is 2.25. The molecule has 0 fully saturated rings. The normalized spacial score (nSPS) is 12.1. The Morgan fingerprint density at radius 1 is 0.875 bits per heavy atom. The molecule has 3 heteroatoms. The second kappa shape index (κ2) is 3.47. The van der Waals surface area contributed by atoms with E-state index >= 15 is 0 Å². The minimum absolute atomic E-state index is 0.599. The van der Waals surface area contributed by atoms with Crippen molar-refractivity contribution in [2.24, 2.45) is 0 Å². The second-order valence-electron chi connectivity index (χ2n) is 4.09. The molecule has 1 aliphatic carbocycles. The van der Waals surface area contributed by atoms with E-state index in [0.717, 1.165) is 17.5 Å². The summed E-state index contributed by atoms with van der Waals surface area (Å²) in [5, 5.41) is 18.7. The lowest BCUT2D eigenvalue weighted by atomic mass is 9.75. The third-order valence-corrected chi connectivity index (χ3v) is 3.13. The zero-order valence-electron chi connectivity index (χ0n) is 8.72. The van der Waals surface area contributed by atoms with Gasteiger partial charge in [0, 0.05) is 0 Å². The standard InChI is InChI=1S/C13H11BO2/c15-14(16)12-7-3-5-10-8-9-4-1-2-6-11(9)13(10)12/h1-7,15-16H,8H2. The number of hydrogen-bond acceptors (Lipinski definition) is 2. The molecule has 1 aliphatic rings. The summed E-state index contributed by atoms with van der Waals surface area (Å²) < 4.78 is 0. The van der Waals surface area contributed by atoms with E-state index in [1.165, 1.54) is 11.1 Å². The van der Waals surface area contributed by atoms with Gasteiger partial charge in [0.05, 0.1) is 0 Å². The van der Waals surface area contributed by atoms with Crippen molar-refractivity contribution in [3.63, 3.8) is 0 Å². The van der Waals surface area contributed by atoms with E-state index in [9.17, 15) is 10.0 Å². The summed E-state index contributed by atoms with van der Waals surface area (Å²) >= 11 is 0. The molecule has 2 aromatic rings. The first-order chi connectivity index (χ1) is 7.77. The Morgan fingerprint density at radius 3 is 2.44 bits per heavy atom. The fourth-order valence-corrected chi connectivity index (χ4v) is 2.43. The molecule has 0 spiro atoms. The highest BCUT2D eigenvalue weighted by molar-refractivity contribution is 6.60. The Morgan fingerprint density at radius 2 is 1.62 bits per heavy atom. The molecule has 0 atom stereocenters. The zero-order valence-corrected chi connectivity index (χ0v) is 8.72. The van der Waals surface area contributed by atoms with Gasteiger partial charge in [-0.2, -0.15) is 0 Å². The van der Waals surface area contributed by atoms with Crippen molar-refractivity contribution in [1.29, 1.82) is 0 Å². The first kappa shape index (κ1) is 9.64. The zero-order chi connectivity index (χ0) is 11.1. The lowest BCUT2D eigenvalue weighted by Crippen LogP contribution is -2.31. The van der Waals surface area contributed by atoms with Gasteiger partial charge in [-0.25, -0.2) is 0 Å². The van der Waals surface area contributed by atoms with Gasteiger partial charge in [-0.15, -0.1) is 0 Å². The van der Waals surface area contributed by atoms with Crippen LogP contribution in [0.5, 0.6) is 0 Å². The Hall–Kier alpha value is -1.58. The maximum Gasteiger partial charge on any atom is 0.489 e. The maximum atomic E-state index is 9.37. The number of hydrogen-bond donors (Lipinski definition) is 2. The number of fused-ring (bicyclic) bond motifs is 3. The van der Waals surface area contributed by atoms with Gasteiger partial charge >= 0.3 is 7.12 Å². The first-order valence-corrected chi connectivity index (χ1v) is 5.33. The van der Waals surface area contributed by atoms with Gasteiger partial charge in [0.15, 0.2) is 0 Å². The lowest BCUT2D eigenvalue weighted by molar-refractivity contribution is 0.426. The molecule has 0 saturated heterocycles. The topological polar surface area (TPSA) is 40.5 Å². The fourth-order valence-electron chi connectivity index (χ4n) is 2.43. The molecule has 2 aromatic carbocycles.